The molecule has 0 aliphatic carbocycles. The van der Waals surface area contributed by atoms with E-state index in [0.29, 0.717) is 6.42 Å². The Balaban J connectivity index is 1.64. The number of carbonyl (C=O) groups excluding carboxylic acids is 2. The first-order valence-corrected chi connectivity index (χ1v) is 8.50. The molecular weight excluding hydrogens is 312 g/mol. The lowest BCUT2D eigenvalue weighted by Crippen LogP contribution is -2.23. The summed E-state index contributed by atoms with van der Waals surface area (Å²) in [6.45, 7) is 4.75. The van der Waals surface area contributed by atoms with Gasteiger partial charge in [0.2, 0.25) is 11.8 Å². The first-order valence-electron chi connectivity index (χ1n) is 8.50. The first-order chi connectivity index (χ1) is 12.0. The third kappa shape index (κ3) is 4.15. The van der Waals surface area contributed by atoms with Crippen LogP contribution < -0.4 is 10.2 Å². The largest absolute Gasteiger partial charge is 0.322 e. The van der Waals surface area contributed by atoms with Crippen LogP contribution in [0.2, 0.25) is 0 Å². The van der Waals surface area contributed by atoms with E-state index in [2.05, 4.69) is 5.32 Å². The van der Waals surface area contributed by atoms with Crippen molar-refractivity contribution in [3.05, 3.63) is 65.2 Å². The quantitative estimate of drug-likeness (QED) is 0.857. The minimum absolute atomic E-state index is 0.160. The lowest BCUT2D eigenvalue weighted by atomic mass is 10.1. The Labute approximate surface area is 148 Å². The minimum atomic E-state index is -0.160. The molecule has 0 radical (unpaired) electrons. The smallest absolute Gasteiger partial charge is 0.248 e. The molecule has 0 aromatic heterocycles. The van der Waals surface area contributed by atoms with Crippen molar-refractivity contribution in [1.29, 1.82) is 0 Å². The molecule has 2 amide bonds. The zero-order valence-electron chi connectivity index (χ0n) is 14.6. The Morgan fingerprint density at radius 3 is 2.56 bits per heavy atom. The monoisotopic (exact) mass is 334 g/mol. The Kier molecular flexibility index (Phi) is 4.98. The van der Waals surface area contributed by atoms with Gasteiger partial charge < -0.3 is 10.2 Å². The minimum Gasteiger partial charge on any atom is -0.322 e. The van der Waals surface area contributed by atoms with Gasteiger partial charge in [0.25, 0.3) is 0 Å². The zero-order chi connectivity index (χ0) is 17.8. The van der Waals surface area contributed by atoms with Gasteiger partial charge in [0, 0.05) is 30.4 Å². The van der Waals surface area contributed by atoms with Crippen LogP contribution in [0, 0.1) is 13.8 Å². The lowest BCUT2D eigenvalue weighted by Gasteiger charge is -2.15. The van der Waals surface area contributed by atoms with E-state index in [0.717, 1.165) is 41.0 Å². The second-order valence-electron chi connectivity index (χ2n) is 6.38. The maximum Gasteiger partial charge on any atom is 0.248 e. The number of nitrogens with zero attached hydrogens (tertiary/aromatic N) is 1. The van der Waals surface area contributed by atoms with Crippen molar-refractivity contribution in [1.82, 2.24) is 0 Å². The molecule has 4 heteroatoms. The molecule has 1 heterocycles. The highest BCUT2D eigenvalue weighted by atomic mass is 16.2. The van der Waals surface area contributed by atoms with Crippen molar-refractivity contribution in [2.45, 2.75) is 26.7 Å². The number of hydrogen-bond acceptors (Lipinski definition) is 2. The predicted octanol–water partition coefficient (Wildman–Crippen LogP) is 4.08. The molecule has 25 heavy (non-hydrogen) atoms. The summed E-state index contributed by atoms with van der Waals surface area (Å²) in [6.07, 6.45) is 4.84. The molecule has 1 aliphatic rings. The number of aryl methyl sites for hydroxylation is 2. The molecule has 0 spiro atoms. The third-order valence-electron chi connectivity index (χ3n) is 4.36. The Bertz CT molecular complexity index is 822. The summed E-state index contributed by atoms with van der Waals surface area (Å²) in [7, 11) is 0. The average Bonchev–Trinajstić information content (AvgIpc) is 3.03. The summed E-state index contributed by atoms with van der Waals surface area (Å²) in [5.41, 5.74) is 4.81. The zero-order valence-corrected chi connectivity index (χ0v) is 14.6. The maximum atomic E-state index is 12.1. The van der Waals surface area contributed by atoms with Crippen LogP contribution in [0.5, 0.6) is 0 Å². The molecule has 2 aromatic rings. The highest BCUT2D eigenvalue weighted by Gasteiger charge is 2.21. The molecule has 1 N–H and O–H groups in total. The molecule has 3 rings (SSSR count). The van der Waals surface area contributed by atoms with Gasteiger partial charge in [-0.2, -0.15) is 0 Å². The number of carbonyl (C=O) groups is 2. The van der Waals surface area contributed by atoms with E-state index in [9.17, 15) is 9.59 Å². The second kappa shape index (κ2) is 7.34. The number of hydrogen-bond donors (Lipinski definition) is 1. The van der Waals surface area contributed by atoms with Gasteiger partial charge in [-0.25, -0.2) is 0 Å². The van der Waals surface area contributed by atoms with Crippen molar-refractivity contribution >= 4 is 29.3 Å². The lowest BCUT2D eigenvalue weighted by molar-refractivity contribution is -0.117. The number of nitrogens with one attached hydrogen (secondary N) is 1. The van der Waals surface area contributed by atoms with Crippen LogP contribution in [0.4, 0.5) is 11.4 Å². The van der Waals surface area contributed by atoms with E-state index in [1.54, 1.807) is 11.0 Å². The van der Waals surface area contributed by atoms with Gasteiger partial charge >= 0.3 is 0 Å². The van der Waals surface area contributed by atoms with E-state index < -0.39 is 0 Å². The molecule has 1 saturated heterocycles. The summed E-state index contributed by atoms with van der Waals surface area (Å²) in [5, 5.41) is 2.90. The van der Waals surface area contributed by atoms with Crippen LogP contribution in [0.15, 0.2) is 48.5 Å². The van der Waals surface area contributed by atoms with Crippen LogP contribution in [-0.2, 0) is 9.59 Å². The standard InChI is InChI=1S/C21H22N2O2/c1-15-5-6-16(2)19(14-15)22-20(24)12-9-17-7-10-18(11-8-17)23-13-3-4-21(23)25/h5-12,14H,3-4,13H2,1-2H3,(H,22,24)/b12-9+. The Morgan fingerprint density at radius 1 is 1.12 bits per heavy atom. The number of amides is 2. The predicted molar refractivity (Wildman–Crippen MR) is 102 cm³/mol. The molecule has 2 aromatic carbocycles. The fourth-order valence-electron chi connectivity index (χ4n) is 2.90. The van der Waals surface area contributed by atoms with Crippen molar-refractivity contribution in [2.75, 3.05) is 16.8 Å². The number of rotatable bonds is 4. The van der Waals surface area contributed by atoms with E-state index in [1.165, 1.54) is 6.08 Å². The summed E-state index contributed by atoms with van der Waals surface area (Å²) in [4.78, 5) is 25.7. The van der Waals surface area contributed by atoms with Crippen LogP contribution in [0.1, 0.15) is 29.5 Å². The van der Waals surface area contributed by atoms with Crippen molar-refractivity contribution in [3.8, 4) is 0 Å². The van der Waals surface area contributed by atoms with E-state index in [1.807, 2.05) is 56.3 Å². The van der Waals surface area contributed by atoms with Gasteiger partial charge in [-0.05, 0) is 61.2 Å². The second-order valence-corrected chi connectivity index (χ2v) is 6.38. The summed E-state index contributed by atoms with van der Waals surface area (Å²) in [5.74, 6) is 0.0173. The van der Waals surface area contributed by atoms with E-state index >= 15 is 0 Å². The number of benzene rings is 2. The highest BCUT2D eigenvalue weighted by Crippen LogP contribution is 2.22. The first kappa shape index (κ1) is 17.0. The van der Waals surface area contributed by atoms with Gasteiger partial charge in [-0.3, -0.25) is 9.59 Å². The van der Waals surface area contributed by atoms with E-state index in [-0.39, 0.29) is 11.8 Å². The summed E-state index contributed by atoms with van der Waals surface area (Å²) in [6, 6.07) is 13.7. The molecule has 0 saturated carbocycles. The normalized spacial score (nSPS) is 14.3. The maximum absolute atomic E-state index is 12.1. The molecular formula is C21H22N2O2. The fraction of sp³-hybridized carbons (Fsp3) is 0.238. The molecule has 0 unspecified atom stereocenters. The van der Waals surface area contributed by atoms with Crippen LogP contribution in [0.3, 0.4) is 0 Å². The topological polar surface area (TPSA) is 49.4 Å². The highest BCUT2D eigenvalue weighted by molar-refractivity contribution is 6.02. The van der Waals surface area contributed by atoms with Crippen LogP contribution >= 0.6 is 0 Å². The Morgan fingerprint density at radius 2 is 1.88 bits per heavy atom. The Hall–Kier alpha value is -2.88. The van der Waals surface area contributed by atoms with Gasteiger partial charge in [-0.15, -0.1) is 0 Å². The van der Waals surface area contributed by atoms with Crippen LogP contribution in [-0.4, -0.2) is 18.4 Å². The molecule has 1 aliphatic heterocycles. The fourth-order valence-corrected chi connectivity index (χ4v) is 2.90. The van der Waals surface area contributed by atoms with Crippen molar-refractivity contribution in [2.24, 2.45) is 0 Å². The van der Waals surface area contributed by atoms with Gasteiger partial charge in [0.1, 0.15) is 0 Å². The van der Waals surface area contributed by atoms with Crippen LogP contribution in [0.25, 0.3) is 6.08 Å². The summed E-state index contributed by atoms with van der Waals surface area (Å²) >= 11 is 0. The summed E-state index contributed by atoms with van der Waals surface area (Å²) < 4.78 is 0. The molecule has 1 fully saturated rings. The van der Waals surface area contributed by atoms with Crippen molar-refractivity contribution in [3.63, 3.8) is 0 Å². The third-order valence-corrected chi connectivity index (χ3v) is 4.36. The van der Waals surface area contributed by atoms with Crippen molar-refractivity contribution < 1.29 is 9.59 Å². The number of anilines is 2. The van der Waals surface area contributed by atoms with Gasteiger partial charge in [0.05, 0.1) is 0 Å². The average molecular weight is 334 g/mol. The van der Waals surface area contributed by atoms with Gasteiger partial charge in [0.15, 0.2) is 0 Å². The molecule has 0 bridgehead atoms. The van der Waals surface area contributed by atoms with E-state index in [4.69, 9.17) is 0 Å². The van der Waals surface area contributed by atoms with Gasteiger partial charge in [-0.1, -0.05) is 24.3 Å². The molecule has 0 atom stereocenters. The SMILES string of the molecule is Cc1ccc(C)c(NC(=O)/C=C/c2ccc(N3CCCC3=O)cc2)c1. The molecule has 128 valence electrons. The molecule has 4 nitrogen and oxygen atoms in total.